The van der Waals surface area contributed by atoms with E-state index in [-0.39, 0.29) is 0 Å². The summed E-state index contributed by atoms with van der Waals surface area (Å²) in [6.07, 6.45) is 3.50. The zero-order chi connectivity index (χ0) is 13.2. The maximum atomic E-state index is 12.4. The molecule has 1 aromatic rings. The Morgan fingerprint density at radius 3 is 2.67 bits per heavy atom. The van der Waals surface area contributed by atoms with Crippen molar-refractivity contribution in [2.45, 2.75) is 30.0 Å². The van der Waals surface area contributed by atoms with Crippen LogP contribution >= 0.6 is 11.6 Å². The van der Waals surface area contributed by atoms with Crippen molar-refractivity contribution in [2.24, 2.45) is 5.92 Å². The molecule has 0 aliphatic heterocycles. The van der Waals surface area contributed by atoms with Crippen LogP contribution in [0.3, 0.4) is 0 Å². The third kappa shape index (κ3) is 2.87. The van der Waals surface area contributed by atoms with Gasteiger partial charge in [0.1, 0.15) is 0 Å². The van der Waals surface area contributed by atoms with Crippen LogP contribution < -0.4 is 0 Å². The number of hydrogen-bond donors (Lipinski definition) is 0. The van der Waals surface area contributed by atoms with Gasteiger partial charge in [0.15, 0.2) is 0 Å². The van der Waals surface area contributed by atoms with Gasteiger partial charge in [-0.05, 0) is 36.5 Å². The maximum absolute atomic E-state index is 12.4. The molecule has 2 rings (SSSR count). The normalized spacial score (nSPS) is 16.8. The van der Waals surface area contributed by atoms with Gasteiger partial charge in [0, 0.05) is 19.5 Å². The van der Waals surface area contributed by atoms with E-state index in [1.165, 1.54) is 10.7 Å². The number of halogens is 1. The molecular formula is C13H18ClNO2S. The lowest BCUT2D eigenvalue weighted by Crippen LogP contribution is -2.34. The molecule has 1 saturated carbocycles. The lowest BCUT2D eigenvalue weighted by Gasteiger charge is -2.29. The fraction of sp³-hybridized carbons (Fsp3) is 0.538. The molecule has 1 aliphatic carbocycles. The van der Waals surface area contributed by atoms with E-state index in [0.29, 0.717) is 23.2 Å². The maximum Gasteiger partial charge on any atom is 0.242 e. The van der Waals surface area contributed by atoms with Crippen molar-refractivity contribution in [2.75, 3.05) is 13.6 Å². The minimum atomic E-state index is -3.37. The van der Waals surface area contributed by atoms with Gasteiger partial charge in [0.05, 0.1) is 4.90 Å². The minimum absolute atomic E-state index is 0.329. The van der Waals surface area contributed by atoms with E-state index in [4.69, 9.17) is 11.6 Å². The number of sulfonamides is 1. The van der Waals surface area contributed by atoms with Crippen LogP contribution in [0, 0.1) is 5.92 Å². The third-order valence-corrected chi connectivity index (χ3v) is 5.63. The summed E-state index contributed by atoms with van der Waals surface area (Å²) < 4.78 is 26.2. The molecule has 0 bridgehead atoms. The Hall–Kier alpha value is -0.580. The molecule has 0 saturated heterocycles. The highest BCUT2D eigenvalue weighted by atomic mass is 35.5. The highest BCUT2D eigenvalue weighted by Crippen LogP contribution is 2.28. The largest absolute Gasteiger partial charge is 0.242 e. The fourth-order valence-corrected chi connectivity index (χ4v) is 3.59. The van der Waals surface area contributed by atoms with Crippen LogP contribution in [0.25, 0.3) is 0 Å². The minimum Gasteiger partial charge on any atom is -0.207 e. The Morgan fingerprint density at radius 1 is 1.39 bits per heavy atom. The zero-order valence-electron chi connectivity index (χ0n) is 10.5. The highest BCUT2D eigenvalue weighted by molar-refractivity contribution is 7.89. The topological polar surface area (TPSA) is 37.4 Å². The molecule has 0 heterocycles. The summed E-state index contributed by atoms with van der Waals surface area (Å²) in [5.41, 5.74) is 0.829. The van der Waals surface area contributed by atoms with Crippen molar-refractivity contribution in [1.82, 2.24) is 4.31 Å². The first-order valence-corrected chi connectivity index (χ1v) is 8.12. The molecule has 0 unspecified atom stereocenters. The SMILES string of the molecule is CN(CC1CCC1)S(=O)(=O)c1cccc(CCl)c1. The molecule has 0 radical (unpaired) electrons. The van der Waals surface area contributed by atoms with Crippen LogP contribution in [-0.4, -0.2) is 26.3 Å². The molecule has 0 atom stereocenters. The lowest BCUT2D eigenvalue weighted by molar-refractivity contribution is 0.263. The number of hydrogen-bond acceptors (Lipinski definition) is 2. The number of benzene rings is 1. The molecule has 1 aliphatic rings. The second-order valence-corrected chi connectivity index (χ2v) is 7.18. The highest BCUT2D eigenvalue weighted by Gasteiger charge is 2.26. The van der Waals surface area contributed by atoms with Gasteiger partial charge in [0.2, 0.25) is 10.0 Å². The van der Waals surface area contributed by atoms with Crippen LogP contribution in [0.1, 0.15) is 24.8 Å². The average molecular weight is 288 g/mol. The van der Waals surface area contributed by atoms with Gasteiger partial charge in [-0.15, -0.1) is 11.6 Å². The molecule has 100 valence electrons. The Bertz CT molecular complexity index is 511. The predicted octanol–water partition coefficient (Wildman–Crippen LogP) is 2.85. The van der Waals surface area contributed by atoms with E-state index in [9.17, 15) is 8.42 Å². The van der Waals surface area contributed by atoms with E-state index in [0.717, 1.165) is 18.4 Å². The number of alkyl halides is 1. The summed E-state index contributed by atoms with van der Waals surface area (Å²) in [5, 5.41) is 0. The van der Waals surface area contributed by atoms with E-state index in [1.807, 2.05) is 6.07 Å². The Labute approximate surface area is 114 Å². The lowest BCUT2D eigenvalue weighted by atomic mass is 9.86. The molecule has 5 heteroatoms. The van der Waals surface area contributed by atoms with Crippen LogP contribution in [0.15, 0.2) is 29.2 Å². The number of nitrogens with zero attached hydrogens (tertiary/aromatic N) is 1. The molecular weight excluding hydrogens is 270 g/mol. The van der Waals surface area contributed by atoms with E-state index in [1.54, 1.807) is 25.2 Å². The Balaban J connectivity index is 2.17. The van der Waals surface area contributed by atoms with Crippen LogP contribution in [0.5, 0.6) is 0 Å². The van der Waals surface area contributed by atoms with Crippen LogP contribution in [0.2, 0.25) is 0 Å². The van der Waals surface area contributed by atoms with Gasteiger partial charge in [-0.3, -0.25) is 0 Å². The van der Waals surface area contributed by atoms with Gasteiger partial charge in [0.25, 0.3) is 0 Å². The molecule has 0 amide bonds. The standard InChI is InChI=1S/C13H18ClNO2S/c1-15(10-11-4-2-5-11)18(16,17)13-7-3-6-12(8-13)9-14/h3,6-8,11H,2,4-5,9-10H2,1H3. The van der Waals surface area contributed by atoms with Crippen LogP contribution in [0.4, 0.5) is 0 Å². The fourth-order valence-electron chi connectivity index (χ4n) is 2.11. The summed E-state index contributed by atoms with van der Waals surface area (Å²) in [5.74, 6) is 0.858. The molecule has 1 fully saturated rings. The van der Waals surface area contributed by atoms with Gasteiger partial charge in [-0.25, -0.2) is 12.7 Å². The third-order valence-electron chi connectivity index (χ3n) is 3.50. The first-order chi connectivity index (χ1) is 8.54. The summed E-state index contributed by atoms with van der Waals surface area (Å²) in [6, 6.07) is 6.85. The van der Waals surface area contributed by atoms with Crippen molar-refractivity contribution >= 4 is 21.6 Å². The molecule has 18 heavy (non-hydrogen) atoms. The monoisotopic (exact) mass is 287 g/mol. The molecule has 0 spiro atoms. The smallest absolute Gasteiger partial charge is 0.207 e. The molecule has 3 nitrogen and oxygen atoms in total. The van der Waals surface area contributed by atoms with Crippen LogP contribution in [-0.2, 0) is 15.9 Å². The molecule has 1 aromatic carbocycles. The van der Waals surface area contributed by atoms with Gasteiger partial charge >= 0.3 is 0 Å². The van der Waals surface area contributed by atoms with E-state index >= 15 is 0 Å². The second kappa shape index (κ2) is 5.59. The van der Waals surface area contributed by atoms with E-state index in [2.05, 4.69) is 0 Å². The Kier molecular flexibility index (Phi) is 4.30. The van der Waals surface area contributed by atoms with Crippen molar-refractivity contribution in [1.29, 1.82) is 0 Å². The van der Waals surface area contributed by atoms with Gasteiger partial charge in [-0.2, -0.15) is 0 Å². The van der Waals surface area contributed by atoms with Crippen molar-refractivity contribution in [3.05, 3.63) is 29.8 Å². The van der Waals surface area contributed by atoms with Crippen molar-refractivity contribution in [3.8, 4) is 0 Å². The van der Waals surface area contributed by atoms with Crippen molar-refractivity contribution < 1.29 is 8.42 Å². The van der Waals surface area contributed by atoms with Gasteiger partial charge in [-0.1, -0.05) is 18.6 Å². The Morgan fingerprint density at radius 2 is 2.11 bits per heavy atom. The predicted molar refractivity (Wildman–Crippen MR) is 73.2 cm³/mol. The first kappa shape index (κ1) is 13.8. The zero-order valence-corrected chi connectivity index (χ0v) is 12.0. The summed E-state index contributed by atoms with van der Waals surface area (Å²) in [6.45, 7) is 0.618. The first-order valence-electron chi connectivity index (χ1n) is 6.15. The second-order valence-electron chi connectivity index (χ2n) is 4.86. The van der Waals surface area contributed by atoms with Gasteiger partial charge < -0.3 is 0 Å². The average Bonchev–Trinajstić information content (AvgIpc) is 2.33. The summed E-state index contributed by atoms with van der Waals surface area (Å²) >= 11 is 5.74. The molecule has 0 N–H and O–H groups in total. The molecule has 0 aromatic heterocycles. The van der Waals surface area contributed by atoms with E-state index < -0.39 is 10.0 Å². The van der Waals surface area contributed by atoms with Crippen molar-refractivity contribution in [3.63, 3.8) is 0 Å². The quantitative estimate of drug-likeness (QED) is 0.781. The summed E-state index contributed by atoms with van der Waals surface area (Å²) in [7, 11) is -1.71. The number of rotatable bonds is 5. The summed E-state index contributed by atoms with van der Waals surface area (Å²) in [4.78, 5) is 0.336.